The van der Waals surface area contributed by atoms with Crippen LogP contribution in [-0.2, 0) is 38.5 Å². The van der Waals surface area contributed by atoms with Crippen LogP contribution in [-0.4, -0.2) is 12.3 Å². The summed E-state index contributed by atoms with van der Waals surface area (Å²) in [5.41, 5.74) is 10.9. The second-order valence-corrected chi connectivity index (χ2v) is 23.8. The van der Waals surface area contributed by atoms with Crippen LogP contribution in [0.2, 0.25) is 19.6 Å². The van der Waals surface area contributed by atoms with Crippen LogP contribution in [0.3, 0.4) is 0 Å². The second kappa shape index (κ2) is 10.6. The van der Waals surface area contributed by atoms with E-state index in [2.05, 4.69) is 111 Å². The van der Waals surface area contributed by atoms with E-state index in [1.165, 1.54) is 27.8 Å². The third-order valence-electron chi connectivity index (χ3n) is 7.89. The summed E-state index contributed by atoms with van der Waals surface area (Å²) in [6, 6.07) is 12.3. The van der Waals surface area contributed by atoms with Crippen molar-refractivity contribution in [2.24, 2.45) is 5.92 Å². The van der Waals surface area contributed by atoms with Gasteiger partial charge >= 0.3 is 219 Å². The Morgan fingerprint density at radius 1 is 0.861 bits per heavy atom. The molecule has 2 aromatic carbocycles. The Bertz CT molecular complexity index is 1260. The van der Waals surface area contributed by atoms with Gasteiger partial charge in [0.25, 0.3) is 0 Å². The predicted octanol–water partition coefficient (Wildman–Crippen LogP) is 2.26. The van der Waals surface area contributed by atoms with Crippen molar-refractivity contribution in [3.05, 3.63) is 72.7 Å². The molecule has 2 aliphatic carbocycles. The van der Waals surface area contributed by atoms with Gasteiger partial charge in [0.1, 0.15) is 0 Å². The van der Waals surface area contributed by atoms with Gasteiger partial charge in [0.2, 0.25) is 0 Å². The number of halogens is 2. The molecule has 0 bridgehead atoms. The molecule has 0 radical (unpaired) electrons. The maximum Gasteiger partial charge on any atom is -1.00 e. The average molecular weight is 619 g/mol. The van der Waals surface area contributed by atoms with Gasteiger partial charge in [-0.2, -0.15) is 0 Å². The smallest absolute Gasteiger partial charge is 1.00 e. The van der Waals surface area contributed by atoms with Crippen LogP contribution in [0.4, 0.5) is 0 Å². The van der Waals surface area contributed by atoms with Crippen LogP contribution in [0.15, 0.2) is 50.5 Å². The molecule has 0 spiro atoms. The van der Waals surface area contributed by atoms with Gasteiger partial charge in [-0.3, -0.25) is 0 Å². The number of fused-ring (bicyclic) bond motifs is 3. The molecule has 0 nitrogen and oxygen atoms in total. The molecule has 2 aromatic rings. The molecule has 194 valence electrons. The van der Waals surface area contributed by atoms with Crippen LogP contribution in [0, 0.1) is 5.92 Å². The summed E-state index contributed by atoms with van der Waals surface area (Å²) in [5, 5.41) is 1.68. The average Bonchev–Trinajstić information content (AvgIpc) is 3.21. The van der Waals surface area contributed by atoms with Crippen molar-refractivity contribution in [2.45, 2.75) is 92.3 Å². The van der Waals surface area contributed by atoms with Gasteiger partial charge in [0.05, 0.1) is 0 Å². The van der Waals surface area contributed by atoms with E-state index in [9.17, 15) is 0 Å². The van der Waals surface area contributed by atoms with Crippen molar-refractivity contribution in [3.63, 3.8) is 0 Å². The van der Waals surface area contributed by atoms with Crippen LogP contribution < -0.4 is 28.1 Å². The monoisotopic (exact) mass is 616 g/mol. The largest absolute Gasteiger partial charge is 1.00 e. The predicted molar refractivity (Wildman–Crippen MR) is 152 cm³/mol. The van der Waals surface area contributed by atoms with E-state index in [-0.39, 0.29) is 35.6 Å². The maximum atomic E-state index is 5.05. The van der Waals surface area contributed by atoms with Gasteiger partial charge < -0.3 is 24.8 Å². The number of benzene rings is 2. The van der Waals surface area contributed by atoms with Gasteiger partial charge in [0.15, 0.2) is 0 Å². The van der Waals surface area contributed by atoms with Crippen molar-refractivity contribution < 1.29 is 46.1 Å². The molecule has 0 N–H and O–H groups in total. The van der Waals surface area contributed by atoms with Gasteiger partial charge in [-0.15, -0.1) is 0 Å². The first-order chi connectivity index (χ1) is 15.5. The molecule has 2 aliphatic rings. The fourth-order valence-electron chi connectivity index (χ4n) is 5.85. The normalized spacial score (nSPS) is 16.9. The molecule has 0 saturated carbocycles. The van der Waals surface area contributed by atoms with Crippen molar-refractivity contribution in [2.75, 3.05) is 0 Å². The molecular formula is C32H44Cl2SiZr. The SMILES string of the molecule is [CH2]=[Zr+2]([C]1=C(C)C([Si](C)(C)C)=CC1C)[c]1cc(C(C)(C)C)cc2c1Cc1ccc(C(C)(C)C)cc1-2.[Cl-].[Cl-]. The first-order valence-electron chi connectivity index (χ1n) is 12.9. The van der Waals surface area contributed by atoms with E-state index < -0.39 is 29.3 Å². The standard InChI is InChI=1S/C21H25.C10H17Si.CH2.2ClH.Zr/c1-20(2,3)16-9-7-14-11-15-8-10-17(21(4,5)6)13-19(15)18(14)12-16;1-8-6-9(2)10(7-8)11(3,4)5;;;;/h7,9-10,12-13H,11H2,1-6H3;7-8H,1-5H3;1H2;2*1H;/q;;;;;+2/p-2. The quantitative estimate of drug-likeness (QED) is 0.396. The molecule has 4 heteroatoms. The summed E-state index contributed by atoms with van der Waals surface area (Å²) in [6.45, 7) is 26.4. The third-order valence-corrected chi connectivity index (χ3v) is 16.4. The van der Waals surface area contributed by atoms with Crippen molar-refractivity contribution >= 4 is 15.6 Å². The Morgan fingerprint density at radius 2 is 1.42 bits per heavy atom. The topological polar surface area (TPSA) is 0 Å². The summed E-state index contributed by atoms with van der Waals surface area (Å²) in [6.07, 6.45) is 3.67. The van der Waals surface area contributed by atoms with Crippen LogP contribution in [0.1, 0.15) is 77.6 Å². The summed E-state index contributed by atoms with van der Waals surface area (Å²) in [4.78, 5) is 0. The molecule has 0 amide bonds. The molecule has 1 unspecified atom stereocenters. The Balaban J connectivity index is 0.00000228. The first-order valence-corrected chi connectivity index (χ1v) is 20.6. The van der Waals surface area contributed by atoms with Crippen molar-refractivity contribution in [1.82, 2.24) is 0 Å². The second-order valence-electron chi connectivity index (χ2n) is 13.7. The minimum Gasteiger partial charge on any atom is -1.00 e. The number of rotatable bonds is 3. The molecule has 0 heterocycles. The molecule has 4 rings (SSSR count). The molecular weight excluding hydrogens is 575 g/mol. The minimum atomic E-state index is -2.29. The molecule has 0 fully saturated rings. The summed E-state index contributed by atoms with van der Waals surface area (Å²) >= 11 is -2.29. The summed E-state index contributed by atoms with van der Waals surface area (Å²) in [5.74, 6) is 0.554. The van der Waals surface area contributed by atoms with E-state index in [1.54, 1.807) is 22.9 Å². The Labute approximate surface area is 242 Å². The zero-order valence-corrected chi connectivity index (χ0v) is 29.2. The van der Waals surface area contributed by atoms with E-state index in [0.717, 1.165) is 6.42 Å². The zero-order valence-electron chi connectivity index (χ0n) is 24.2. The van der Waals surface area contributed by atoms with Gasteiger partial charge in [-0.1, -0.05) is 0 Å². The fraction of sp³-hybridized carbons (Fsp3) is 0.469. The van der Waals surface area contributed by atoms with Gasteiger partial charge in [0, 0.05) is 0 Å². The van der Waals surface area contributed by atoms with E-state index in [1.807, 2.05) is 0 Å². The van der Waals surface area contributed by atoms with Crippen molar-refractivity contribution in [3.8, 4) is 11.1 Å². The van der Waals surface area contributed by atoms with Gasteiger partial charge in [-0.05, 0) is 0 Å². The van der Waals surface area contributed by atoms with Crippen LogP contribution in [0.25, 0.3) is 11.1 Å². The molecule has 0 aliphatic heterocycles. The number of hydrogen-bond donors (Lipinski definition) is 0. The number of hydrogen-bond acceptors (Lipinski definition) is 0. The van der Waals surface area contributed by atoms with E-state index >= 15 is 0 Å². The zero-order chi connectivity index (χ0) is 25.4. The van der Waals surface area contributed by atoms with Crippen molar-refractivity contribution in [1.29, 1.82) is 0 Å². The first kappa shape index (κ1) is 31.7. The Morgan fingerprint density at radius 3 is 1.92 bits per heavy atom. The Kier molecular flexibility index (Phi) is 9.29. The molecule has 1 atom stereocenters. The molecule has 0 aromatic heterocycles. The number of allylic oxidation sites excluding steroid dienone is 4. The molecule has 36 heavy (non-hydrogen) atoms. The maximum absolute atomic E-state index is 5.05. The fourth-order valence-corrected chi connectivity index (χ4v) is 14.1. The van der Waals surface area contributed by atoms with E-state index in [0.29, 0.717) is 5.92 Å². The third kappa shape index (κ3) is 5.73. The van der Waals surface area contributed by atoms with E-state index in [4.69, 9.17) is 4.21 Å². The Hall–Kier alpha value is -0.530. The van der Waals surface area contributed by atoms with Crippen LogP contribution in [0.5, 0.6) is 0 Å². The summed E-state index contributed by atoms with van der Waals surface area (Å²) in [7, 11) is -1.35. The molecule has 0 saturated heterocycles. The van der Waals surface area contributed by atoms with Crippen LogP contribution >= 0.6 is 0 Å². The van der Waals surface area contributed by atoms with Gasteiger partial charge in [-0.25, -0.2) is 0 Å². The summed E-state index contributed by atoms with van der Waals surface area (Å²) < 4.78 is 8.43. The minimum absolute atomic E-state index is 0.